The van der Waals surface area contributed by atoms with Crippen LogP contribution in [0.1, 0.15) is 20.3 Å². The van der Waals surface area contributed by atoms with Gasteiger partial charge >= 0.3 is 5.97 Å². The van der Waals surface area contributed by atoms with E-state index in [2.05, 4.69) is 4.98 Å². The maximum absolute atomic E-state index is 11.8. The predicted molar refractivity (Wildman–Crippen MR) is 106 cm³/mol. The molecule has 1 heterocycles. The number of pyridine rings is 1. The number of thioether (sulfide) groups is 2. The van der Waals surface area contributed by atoms with Crippen LogP contribution in [0.4, 0.5) is 0 Å². The minimum Gasteiger partial charge on any atom is -0.465 e. The fourth-order valence-corrected chi connectivity index (χ4v) is 5.72. The maximum atomic E-state index is 11.8. The van der Waals surface area contributed by atoms with Gasteiger partial charge in [0.15, 0.2) is 0 Å². The summed E-state index contributed by atoms with van der Waals surface area (Å²) in [6.45, 7) is 4.33. The van der Waals surface area contributed by atoms with Gasteiger partial charge in [-0.1, -0.05) is 47.8 Å². The molecule has 22 heavy (non-hydrogen) atoms. The molecule has 1 unspecified atom stereocenters. The third kappa shape index (κ3) is 9.29. The topological polar surface area (TPSA) is 39.2 Å². The van der Waals surface area contributed by atoms with Crippen molar-refractivity contribution in [1.29, 1.82) is 0 Å². The zero-order chi connectivity index (χ0) is 16.2. The van der Waals surface area contributed by atoms with E-state index in [1.165, 1.54) is 11.8 Å². The summed E-state index contributed by atoms with van der Waals surface area (Å²) in [5, 5.41) is 0.763. The molecular formula is C14H19NO2S5. The molecule has 0 fully saturated rings. The molecule has 0 amide bonds. The van der Waals surface area contributed by atoms with Gasteiger partial charge in [0.1, 0.15) is 13.8 Å². The van der Waals surface area contributed by atoms with Crippen molar-refractivity contribution in [3.8, 4) is 0 Å². The van der Waals surface area contributed by atoms with E-state index in [-0.39, 0.29) is 11.2 Å². The summed E-state index contributed by atoms with van der Waals surface area (Å²) in [5.41, 5.74) is 0. The molecule has 0 radical (unpaired) electrons. The largest absolute Gasteiger partial charge is 0.465 e. The molecule has 1 atom stereocenters. The van der Waals surface area contributed by atoms with Crippen molar-refractivity contribution >= 4 is 66.8 Å². The molecule has 0 bridgehead atoms. The number of esters is 1. The normalized spacial score (nSPS) is 11.9. The number of carbonyl (C=O) groups excluding carboxylic acids is 1. The molecule has 0 aromatic carbocycles. The van der Waals surface area contributed by atoms with Crippen LogP contribution in [-0.2, 0) is 9.53 Å². The molecule has 1 aromatic rings. The Morgan fingerprint density at radius 3 is 2.95 bits per heavy atom. The van der Waals surface area contributed by atoms with E-state index >= 15 is 0 Å². The monoisotopic (exact) mass is 393 g/mol. The molecule has 0 saturated heterocycles. The Balaban J connectivity index is 2.06. The van der Waals surface area contributed by atoms with Crippen LogP contribution in [-0.4, -0.2) is 37.8 Å². The van der Waals surface area contributed by atoms with E-state index in [0.29, 0.717) is 6.61 Å². The first kappa shape index (κ1) is 20.2. The van der Waals surface area contributed by atoms with E-state index in [1.54, 1.807) is 39.5 Å². The summed E-state index contributed by atoms with van der Waals surface area (Å²) >= 11 is 8.16. The predicted octanol–water partition coefficient (Wildman–Crippen LogP) is 4.91. The van der Waals surface area contributed by atoms with Crippen LogP contribution in [0.5, 0.6) is 0 Å². The van der Waals surface area contributed by atoms with Gasteiger partial charge in [0.05, 0.1) is 6.61 Å². The van der Waals surface area contributed by atoms with Crippen LogP contribution in [0.2, 0.25) is 0 Å². The number of aromatic nitrogens is 1. The molecule has 1 aromatic heterocycles. The van der Waals surface area contributed by atoms with Crippen LogP contribution in [0.3, 0.4) is 0 Å². The molecule has 0 saturated carbocycles. The molecule has 0 N–H and O–H groups in total. The van der Waals surface area contributed by atoms with Crippen molar-refractivity contribution in [1.82, 2.24) is 4.98 Å². The highest BCUT2D eigenvalue weighted by Crippen LogP contribution is 2.29. The summed E-state index contributed by atoms with van der Waals surface area (Å²) < 4.78 is 6.07. The highest BCUT2D eigenvalue weighted by molar-refractivity contribution is 8.76. The first-order chi connectivity index (χ1) is 10.6. The minimum absolute atomic E-state index is 0.188. The van der Waals surface area contributed by atoms with Gasteiger partial charge < -0.3 is 4.74 Å². The Labute approximate surface area is 153 Å². The lowest BCUT2D eigenvalue weighted by molar-refractivity contribution is -0.142. The zero-order valence-corrected chi connectivity index (χ0v) is 16.6. The molecule has 122 valence electrons. The van der Waals surface area contributed by atoms with Crippen LogP contribution in [0, 0.1) is 0 Å². The molecule has 3 nitrogen and oxygen atoms in total. The number of rotatable bonds is 9. The second-order valence-electron chi connectivity index (χ2n) is 4.04. The average Bonchev–Trinajstić information content (AvgIpc) is 2.51. The molecular weight excluding hydrogens is 374 g/mol. The van der Waals surface area contributed by atoms with Gasteiger partial charge in [0, 0.05) is 11.9 Å². The van der Waals surface area contributed by atoms with Gasteiger partial charge in [0.2, 0.25) is 0 Å². The third-order valence-electron chi connectivity index (χ3n) is 2.27. The minimum atomic E-state index is -0.234. The summed E-state index contributed by atoms with van der Waals surface area (Å²) in [6.07, 6.45) is 2.62. The first-order valence-corrected chi connectivity index (χ1v) is 11.4. The number of carbonyl (C=O) groups is 1. The van der Waals surface area contributed by atoms with Crippen molar-refractivity contribution in [2.24, 2.45) is 0 Å². The van der Waals surface area contributed by atoms with Crippen LogP contribution in [0.25, 0.3) is 0 Å². The van der Waals surface area contributed by atoms with Crippen LogP contribution < -0.4 is 0 Å². The summed E-state index contributed by atoms with van der Waals surface area (Å²) in [4.78, 5) is 16.0. The van der Waals surface area contributed by atoms with Crippen LogP contribution >= 0.6 is 57.3 Å². The van der Waals surface area contributed by atoms with Crippen molar-refractivity contribution in [3.63, 3.8) is 0 Å². The van der Waals surface area contributed by atoms with E-state index in [4.69, 9.17) is 17.0 Å². The van der Waals surface area contributed by atoms with Crippen molar-refractivity contribution < 1.29 is 9.53 Å². The van der Waals surface area contributed by atoms with Gasteiger partial charge in [-0.05, 0) is 42.0 Å². The Morgan fingerprint density at radius 1 is 1.45 bits per heavy atom. The molecule has 0 aliphatic carbocycles. The van der Waals surface area contributed by atoms with E-state index in [1.807, 2.05) is 32.0 Å². The van der Waals surface area contributed by atoms with Crippen molar-refractivity contribution in [2.75, 3.05) is 18.1 Å². The third-order valence-corrected chi connectivity index (χ3v) is 7.16. The molecule has 1 rings (SSSR count). The quantitative estimate of drug-likeness (QED) is 0.253. The number of thiocarbonyl (C=S) groups is 1. The smallest absolute Gasteiger partial charge is 0.319 e. The SMILES string of the molecule is CCSC(=S)SC(C)C(=O)OCCCSSc1ccccn1. The summed E-state index contributed by atoms with van der Waals surface area (Å²) in [5.74, 6) is 1.66. The van der Waals surface area contributed by atoms with Crippen molar-refractivity contribution in [3.05, 3.63) is 24.4 Å². The lowest BCUT2D eigenvalue weighted by atomic mass is 10.5. The number of nitrogens with zero attached hydrogens (tertiary/aromatic N) is 1. The van der Waals surface area contributed by atoms with Gasteiger partial charge in [0.25, 0.3) is 0 Å². The van der Waals surface area contributed by atoms with Crippen LogP contribution in [0.15, 0.2) is 29.4 Å². The Hall–Kier alpha value is 0.110. The summed E-state index contributed by atoms with van der Waals surface area (Å²) in [6, 6.07) is 5.85. The lowest BCUT2D eigenvalue weighted by Gasteiger charge is -2.11. The average molecular weight is 394 g/mol. The fraction of sp³-hybridized carbons (Fsp3) is 0.500. The maximum Gasteiger partial charge on any atom is 0.319 e. The standard InChI is InChI=1S/C14H19NO2S5/c1-3-19-14(18)21-11(2)13(16)17-9-6-10-20-22-12-7-4-5-8-15-12/h4-5,7-8,11H,3,6,9-10H2,1-2H3. The van der Waals surface area contributed by atoms with Gasteiger partial charge in [-0.15, -0.1) is 11.8 Å². The van der Waals surface area contributed by atoms with E-state index in [9.17, 15) is 4.79 Å². The zero-order valence-electron chi connectivity index (χ0n) is 12.5. The second-order valence-corrected chi connectivity index (χ2v) is 10.3. The number of hydrogen-bond donors (Lipinski definition) is 0. The Morgan fingerprint density at radius 2 is 2.27 bits per heavy atom. The lowest BCUT2D eigenvalue weighted by Crippen LogP contribution is -2.18. The number of ether oxygens (including phenoxy) is 1. The van der Waals surface area contributed by atoms with Gasteiger partial charge in [-0.2, -0.15) is 0 Å². The molecule has 8 heteroatoms. The summed E-state index contributed by atoms with van der Waals surface area (Å²) in [7, 11) is 3.36. The van der Waals surface area contributed by atoms with Gasteiger partial charge in [-0.3, -0.25) is 4.79 Å². The van der Waals surface area contributed by atoms with E-state index in [0.717, 1.165) is 26.5 Å². The van der Waals surface area contributed by atoms with Gasteiger partial charge in [-0.25, -0.2) is 4.98 Å². The van der Waals surface area contributed by atoms with Crippen molar-refractivity contribution in [2.45, 2.75) is 30.5 Å². The highest BCUT2D eigenvalue weighted by Gasteiger charge is 2.17. The molecule has 0 aliphatic heterocycles. The molecule has 0 aliphatic rings. The fourth-order valence-electron chi connectivity index (χ4n) is 1.25. The Kier molecular flexibility index (Phi) is 11.5. The first-order valence-electron chi connectivity index (χ1n) is 6.84. The molecule has 0 spiro atoms. The van der Waals surface area contributed by atoms with E-state index < -0.39 is 0 Å². The second kappa shape index (κ2) is 12.5. The number of hydrogen-bond acceptors (Lipinski definition) is 8. The Bertz CT molecular complexity index is 458. The highest BCUT2D eigenvalue weighted by atomic mass is 33.1.